The Labute approximate surface area is 147 Å². The van der Waals surface area contributed by atoms with Crippen LogP contribution in [-0.2, 0) is 17.9 Å². The molecule has 0 unspecified atom stereocenters. The average Bonchev–Trinajstić information content (AvgIpc) is 2.64. The number of hydrogen-bond acceptors (Lipinski definition) is 3. The van der Waals surface area contributed by atoms with Crippen molar-refractivity contribution in [2.75, 3.05) is 27.3 Å². The molecule has 0 heterocycles. The van der Waals surface area contributed by atoms with E-state index in [1.165, 1.54) is 12.1 Å². The molecule has 2 rings (SSSR count). The lowest BCUT2D eigenvalue weighted by Crippen LogP contribution is -2.38. The van der Waals surface area contributed by atoms with Gasteiger partial charge in [-0.05, 0) is 35.4 Å². The van der Waals surface area contributed by atoms with E-state index in [1.807, 2.05) is 30.3 Å². The maximum Gasteiger partial charge on any atom is 0.191 e. The first-order chi connectivity index (χ1) is 12.2. The van der Waals surface area contributed by atoms with Gasteiger partial charge in [0.2, 0.25) is 0 Å². The molecule has 0 aliphatic rings. The quantitative estimate of drug-likeness (QED) is 0.439. The van der Waals surface area contributed by atoms with Crippen LogP contribution >= 0.6 is 0 Å². The van der Waals surface area contributed by atoms with Gasteiger partial charge in [0, 0.05) is 27.2 Å². The molecular formula is C19H24FN3O2. The molecule has 5 nitrogen and oxygen atoms in total. The number of aliphatic imine (C=N–C) groups is 1. The fraction of sp³-hybridized carbons (Fsp3) is 0.316. The summed E-state index contributed by atoms with van der Waals surface area (Å²) in [6.45, 7) is 2.31. The molecule has 2 aromatic carbocycles. The van der Waals surface area contributed by atoms with Crippen LogP contribution in [0, 0.1) is 5.82 Å². The molecule has 0 aliphatic heterocycles. The van der Waals surface area contributed by atoms with Gasteiger partial charge in [-0.1, -0.05) is 24.3 Å². The smallest absolute Gasteiger partial charge is 0.191 e. The monoisotopic (exact) mass is 345 g/mol. The molecule has 2 aromatic rings. The van der Waals surface area contributed by atoms with Crippen molar-refractivity contribution in [2.24, 2.45) is 4.99 Å². The van der Waals surface area contributed by atoms with Crippen molar-refractivity contribution >= 4 is 5.96 Å². The molecule has 0 aliphatic carbocycles. The predicted octanol–water partition coefficient (Wildman–Crippen LogP) is 2.72. The number of guanidine groups is 1. The minimum absolute atomic E-state index is 0.255. The largest absolute Gasteiger partial charge is 0.489 e. The molecule has 0 aromatic heterocycles. The summed E-state index contributed by atoms with van der Waals surface area (Å²) in [6.07, 6.45) is 0. The fourth-order valence-electron chi connectivity index (χ4n) is 2.17. The number of nitrogens with one attached hydrogen (secondary N) is 2. The van der Waals surface area contributed by atoms with Gasteiger partial charge in [-0.3, -0.25) is 4.99 Å². The molecule has 0 radical (unpaired) electrons. The second kappa shape index (κ2) is 10.3. The molecule has 2 N–H and O–H groups in total. The van der Waals surface area contributed by atoms with Crippen LogP contribution < -0.4 is 15.4 Å². The van der Waals surface area contributed by atoms with Crippen LogP contribution in [0.4, 0.5) is 4.39 Å². The third kappa shape index (κ3) is 6.81. The first kappa shape index (κ1) is 18.7. The molecule has 134 valence electrons. The first-order valence-corrected chi connectivity index (χ1v) is 8.11. The molecule has 6 heteroatoms. The van der Waals surface area contributed by atoms with E-state index < -0.39 is 0 Å². The van der Waals surface area contributed by atoms with Crippen molar-refractivity contribution in [3.8, 4) is 5.75 Å². The Balaban J connectivity index is 1.79. The zero-order chi connectivity index (χ0) is 17.9. The lowest BCUT2D eigenvalue weighted by atomic mass is 10.2. The second-order valence-corrected chi connectivity index (χ2v) is 5.41. The Morgan fingerprint density at radius 2 is 1.88 bits per heavy atom. The molecule has 25 heavy (non-hydrogen) atoms. The van der Waals surface area contributed by atoms with Gasteiger partial charge >= 0.3 is 0 Å². The normalized spacial score (nSPS) is 11.2. The number of hydrogen-bond donors (Lipinski definition) is 2. The first-order valence-electron chi connectivity index (χ1n) is 8.11. The zero-order valence-electron chi connectivity index (χ0n) is 14.6. The summed E-state index contributed by atoms with van der Waals surface area (Å²) in [6, 6.07) is 14.2. The molecule has 0 atom stereocenters. The van der Waals surface area contributed by atoms with E-state index in [1.54, 1.807) is 20.2 Å². The third-order valence-electron chi connectivity index (χ3n) is 3.50. The number of nitrogens with zero attached hydrogens (tertiary/aromatic N) is 1. The summed E-state index contributed by atoms with van der Waals surface area (Å²) in [4.78, 5) is 4.15. The van der Waals surface area contributed by atoms with E-state index >= 15 is 0 Å². The number of benzene rings is 2. The Morgan fingerprint density at radius 3 is 2.56 bits per heavy atom. The summed E-state index contributed by atoms with van der Waals surface area (Å²) in [5.41, 5.74) is 1.91. The summed E-state index contributed by atoms with van der Waals surface area (Å²) < 4.78 is 23.8. The van der Waals surface area contributed by atoms with Gasteiger partial charge in [0.1, 0.15) is 18.2 Å². The van der Waals surface area contributed by atoms with Gasteiger partial charge in [-0.15, -0.1) is 0 Å². The minimum Gasteiger partial charge on any atom is -0.489 e. The van der Waals surface area contributed by atoms with Gasteiger partial charge < -0.3 is 20.1 Å². The van der Waals surface area contributed by atoms with E-state index in [-0.39, 0.29) is 5.82 Å². The highest BCUT2D eigenvalue weighted by Gasteiger charge is 2.00. The van der Waals surface area contributed by atoms with E-state index in [0.29, 0.717) is 26.3 Å². The van der Waals surface area contributed by atoms with Crippen LogP contribution in [0.15, 0.2) is 53.5 Å². The lowest BCUT2D eigenvalue weighted by Gasteiger charge is -2.12. The maximum atomic E-state index is 13.1. The fourth-order valence-corrected chi connectivity index (χ4v) is 2.17. The second-order valence-electron chi connectivity index (χ2n) is 5.41. The van der Waals surface area contributed by atoms with E-state index in [9.17, 15) is 4.39 Å². The Bertz CT molecular complexity index is 675. The van der Waals surface area contributed by atoms with Crippen LogP contribution in [-0.4, -0.2) is 33.3 Å². The van der Waals surface area contributed by atoms with Gasteiger partial charge in [-0.25, -0.2) is 4.39 Å². The summed E-state index contributed by atoms with van der Waals surface area (Å²) in [7, 11) is 3.39. The Morgan fingerprint density at radius 1 is 1.08 bits per heavy atom. The van der Waals surface area contributed by atoms with E-state index in [0.717, 1.165) is 22.8 Å². The highest BCUT2D eigenvalue weighted by Crippen LogP contribution is 2.14. The number of methoxy groups -OCH3 is 1. The lowest BCUT2D eigenvalue weighted by molar-refractivity contribution is 0.203. The average molecular weight is 345 g/mol. The molecule has 0 saturated carbocycles. The molecule has 0 amide bonds. The predicted molar refractivity (Wildman–Crippen MR) is 97.3 cm³/mol. The standard InChI is InChI=1S/C19H24FN3O2/c1-21-19(22-10-11-24-2)23-13-15-6-8-18(9-7-15)25-14-16-4-3-5-17(20)12-16/h3-9,12H,10-11,13-14H2,1-2H3,(H2,21,22,23). The van der Waals surface area contributed by atoms with E-state index in [4.69, 9.17) is 9.47 Å². The highest BCUT2D eigenvalue weighted by molar-refractivity contribution is 5.79. The van der Waals surface area contributed by atoms with Gasteiger partial charge in [0.05, 0.1) is 6.61 Å². The summed E-state index contributed by atoms with van der Waals surface area (Å²) >= 11 is 0. The van der Waals surface area contributed by atoms with Crippen LogP contribution in [0.3, 0.4) is 0 Å². The van der Waals surface area contributed by atoms with Gasteiger partial charge in [0.15, 0.2) is 5.96 Å². The van der Waals surface area contributed by atoms with Crippen LogP contribution in [0.5, 0.6) is 5.75 Å². The molecule has 0 fully saturated rings. The maximum absolute atomic E-state index is 13.1. The van der Waals surface area contributed by atoms with Crippen molar-refractivity contribution < 1.29 is 13.9 Å². The van der Waals surface area contributed by atoms with E-state index in [2.05, 4.69) is 15.6 Å². The topological polar surface area (TPSA) is 54.9 Å². The highest BCUT2D eigenvalue weighted by atomic mass is 19.1. The zero-order valence-corrected chi connectivity index (χ0v) is 14.6. The molecule has 0 spiro atoms. The van der Waals surface area contributed by atoms with Crippen molar-refractivity contribution in [3.63, 3.8) is 0 Å². The number of halogens is 1. The third-order valence-corrected chi connectivity index (χ3v) is 3.50. The van der Waals surface area contributed by atoms with Crippen LogP contribution in [0.1, 0.15) is 11.1 Å². The van der Waals surface area contributed by atoms with Crippen LogP contribution in [0.2, 0.25) is 0 Å². The Kier molecular flexibility index (Phi) is 7.72. The summed E-state index contributed by atoms with van der Waals surface area (Å²) in [5, 5.41) is 6.38. The van der Waals surface area contributed by atoms with Crippen molar-refractivity contribution in [1.29, 1.82) is 0 Å². The molecule has 0 bridgehead atoms. The number of ether oxygens (including phenoxy) is 2. The minimum atomic E-state index is -0.255. The molecular weight excluding hydrogens is 321 g/mol. The SMILES string of the molecule is CN=C(NCCOC)NCc1ccc(OCc2cccc(F)c2)cc1. The molecule has 0 saturated heterocycles. The summed E-state index contributed by atoms with van der Waals surface area (Å²) in [5.74, 6) is 1.22. The van der Waals surface area contributed by atoms with Gasteiger partial charge in [-0.2, -0.15) is 0 Å². The van der Waals surface area contributed by atoms with Crippen molar-refractivity contribution in [3.05, 3.63) is 65.5 Å². The van der Waals surface area contributed by atoms with Crippen LogP contribution in [0.25, 0.3) is 0 Å². The van der Waals surface area contributed by atoms with Gasteiger partial charge in [0.25, 0.3) is 0 Å². The van der Waals surface area contributed by atoms with Crippen molar-refractivity contribution in [2.45, 2.75) is 13.2 Å². The number of rotatable bonds is 8. The van der Waals surface area contributed by atoms with Crippen molar-refractivity contribution in [1.82, 2.24) is 10.6 Å². The Hall–Kier alpha value is -2.60.